The van der Waals surface area contributed by atoms with E-state index in [0.29, 0.717) is 0 Å². The first-order chi connectivity index (χ1) is 13.8. The van der Waals surface area contributed by atoms with E-state index in [9.17, 15) is 18.4 Å². The molecule has 2 aromatic heterocycles. The van der Waals surface area contributed by atoms with Crippen LogP contribution in [0.1, 0.15) is 31.2 Å². The number of aromatic amines is 1. The summed E-state index contributed by atoms with van der Waals surface area (Å²) in [5.41, 5.74) is 5.29. The number of anilines is 1. The fourth-order valence-corrected chi connectivity index (χ4v) is 3.84. The first-order valence-corrected chi connectivity index (χ1v) is 9.50. The predicted molar refractivity (Wildman–Crippen MR) is 105 cm³/mol. The highest BCUT2D eigenvalue weighted by Gasteiger charge is 2.25. The van der Waals surface area contributed by atoms with Crippen LogP contribution >= 0.6 is 0 Å². The maximum atomic E-state index is 14.3. The minimum atomic E-state index is -0.645. The van der Waals surface area contributed by atoms with Gasteiger partial charge in [-0.05, 0) is 31.0 Å². The lowest BCUT2D eigenvalue weighted by molar-refractivity contribution is 0.401. The van der Waals surface area contributed by atoms with Crippen molar-refractivity contribution in [1.82, 2.24) is 19.1 Å². The SMILES string of the molecule is Cn1c(=O)[nH]c(=O)c2c1nc(NC1CCCCC1N)n2Cc1cc(F)ccc1F. The number of nitrogens with one attached hydrogen (secondary N) is 2. The molecule has 1 aromatic carbocycles. The summed E-state index contributed by atoms with van der Waals surface area (Å²) in [6.07, 6.45) is 3.73. The Labute approximate surface area is 164 Å². The van der Waals surface area contributed by atoms with E-state index in [1.165, 1.54) is 16.2 Å². The van der Waals surface area contributed by atoms with Crippen molar-refractivity contribution in [3.05, 3.63) is 56.2 Å². The summed E-state index contributed by atoms with van der Waals surface area (Å²) < 4.78 is 30.6. The van der Waals surface area contributed by atoms with Gasteiger partial charge in [0.1, 0.15) is 11.6 Å². The molecule has 1 fully saturated rings. The quantitative estimate of drug-likeness (QED) is 0.609. The van der Waals surface area contributed by atoms with Crippen molar-refractivity contribution in [2.24, 2.45) is 12.8 Å². The Balaban J connectivity index is 1.87. The summed E-state index contributed by atoms with van der Waals surface area (Å²) in [5.74, 6) is -0.900. The van der Waals surface area contributed by atoms with Crippen molar-refractivity contribution in [2.45, 2.75) is 44.3 Å². The molecule has 0 spiro atoms. The molecule has 0 bridgehead atoms. The molecular weight excluding hydrogens is 382 g/mol. The van der Waals surface area contributed by atoms with Crippen molar-refractivity contribution in [1.29, 1.82) is 0 Å². The van der Waals surface area contributed by atoms with E-state index in [-0.39, 0.29) is 41.3 Å². The van der Waals surface area contributed by atoms with Gasteiger partial charge in [0.25, 0.3) is 5.56 Å². The van der Waals surface area contributed by atoms with Gasteiger partial charge in [-0.15, -0.1) is 0 Å². The number of aryl methyl sites for hydroxylation is 1. The minimum Gasteiger partial charge on any atom is -0.351 e. The third-order valence-electron chi connectivity index (χ3n) is 5.48. The highest BCUT2D eigenvalue weighted by Crippen LogP contribution is 2.24. The second kappa shape index (κ2) is 7.43. The highest BCUT2D eigenvalue weighted by atomic mass is 19.1. The van der Waals surface area contributed by atoms with E-state index in [2.05, 4.69) is 15.3 Å². The molecule has 2 atom stereocenters. The molecule has 4 N–H and O–H groups in total. The van der Waals surface area contributed by atoms with Gasteiger partial charge in [0, 0.05) is 24.7 Å². The van der Waals surface area contributed by atoms with Crippen LogP contribution in [0.25, 0.3) is 11.2 Å². The molecule has 0 amide bonds. The lowest BCUT2D eigenvalue weighted by Crippen LogP contribution is -2.43. The van der Waals surface area contributed by atoms with Gasteiger partial charge >= 0.3 is 5.69 Å². The molecular formula is C19H22F2N6O2. The Kier molecular flexibility index (Phi) is 4.95. The molecule has 154 valence electrons. The van der Waals surface area contributed by atoms with Crippen LogP contribution in [0.2, 0.25) is 0 Å². The smallest absolute Gasteiger partial charge is 0.329 e. The van der Waals surface area contributed by atoms with E-state index in [4.69, 9.17) is 5.73 Å². The average Bonchev–Trinajstić information content (AvgIpc) is 3.03. The summed E-state index contributed by atoms with van der Waals surface area (Å²) in [5, 5.41) is 3.26. The second-order valence-electron chi connectivity index (χ2n) is 7.45. The van der Waals surface area contributed by atoms with Crippen molar-refractivity contribution in [3.63, 3.8) is 0 Å². The van der Waals surface area contributed by atoms with E-state index in [0.717, 1.165) is 43.9 Å². The third kappa shape index (κ3) is 3.55. The topological polar surface area (TPSA) is 111 Å². The molecule has 10 heteroatoms. The Morgan fingerprint density at radius 3 is 2.79 bits per heavy atom. The molecule has 3 aromatic rings. The normalized spacial score (nSPS) is 19.6. The van der Waals surface area contributed by atoms with Crippen LogP contribution in [-0.4, -0.2) is 31.2 Å². The number of hydrogen-bond acceptors (Lipinski definition) is 5. The summed E-state index contributed by atoms with van der Waals surface area (Å²) in [4.78, 5) is 31.2. The monoisotopic (exact) mass is 404 g/mol. The Morgan fingerprint density at radius 1 is 1.28 bits per heavy atom. The summed E-state index contributed by atoms with van der Waals surface area (Å²) in [6.45, 7) is -0.133. The number of imidazole rings is 1. The fraction of sp³-hybridized carbons (Fsp3) is 0.421. The van der Waals surface area contributed by atoms with Crippen molar-refractivity contribution in [2.75, 3.05) is 5.32 Å². The number of halogens is 2. The lowest BCUT2D eigenvalue weighted by atomic mass is 9.91. The predicted octanol–water partition coefficient (Wildman–Crippen LogP) is 1.43. The molecule has 0 aliphatic heterocycles. The Morgan fingerprint density at radius 2 is 2.03 bits per heavy atom. The first-order valence-electron chi connectivity index (χ1n) is 9.50. The van der Waals surface area contributed by atoms with Crippen LogP contribution in [0, 0.1) is 11.6 Å². The van der Waals surface area contributed by atoms with Crippen LogP contribution in [0.3, 0.4) is 0 Å². The third-order valence-corrected chi connectivity index (χ3v) is 5.48. The van der Waals surface area contributed by atoms with Gasteiger partial charge < -0.3 is 11.1 Å². The minimum absolute atomic E-state index is 0.0635. The summed E-state index contributed by atoms with van der Waals surface area (Å²) >= 11 is 0. The van der Waals surface area contributed by atoms with Gasteiger partial charge in [-0.3, -0.25) is 18.9 Å². The number of aromatic nitrogens is 4. The van der Waals surface area contributed by atoms with Crippen molar-refractivity contribution < 1.29 is 8.78 Å². The van der Waals surface area contributed by atoms with Crippen LogP contribution in [0.5, 0.6) is 0 Å². The molecule has 1 aliphatic rings. The molecule has 0 saturated heterocycles. The average molecular weight is 404 g/mol. The number of fused-ring (bicyclic) bond motifs is 1. The molecule has 4 rings (SSSR count). The zero-order valence-corrected chi connectivity index (χ0v) is 15.9. The number of H-pyrrole nitrogens is 1. The van der Waals surface area contributed by atoms with Crippen LogP contribution in [0.15, 0.2) is 27.8 Å². The second-order valence-corrected chi connectivity index (χ2v) is 7.45. The van der Waals surface area contributed by atoms with Gasteiger partial charge in [-0.25, -0.2) is 13.6 Å². The van der Waals surface area contributed by atoms with E-state index < -0.39 is 22.9 Å². The first kappa shape index (κ1) is 19.3. The molecule has 0 radical (unpaired) electrons. The van der Waals surface area contributed by atoms with Crippen molar-refractivity contribution >= 4 is 17.1 Å². The Bertz CT molecular complexity index is 1180. The Hall–Kier alpha value is -3.01. The molecule has 2 unspecified atom stereocenters. The fourth-order valence-electron chi connectivity index (χ4n) is 3.84. The van der Waals surface area contributed by atoms with Gasteiger partial charge in [-0.2, -0.15) is 4.98 Å². The molecule has 8 nitrogen and oxygen atoms in total. The number of rotatable bonds is 4. The van der Waals surface area contributed by atoms with E-state index >= 15 is 0 Å². The molecule has 1 saturated carbocycles. The summed E-state index contributed by atoms with van der Waals surface area (Å²) in [7, 11) is 1.48. The van der Waals surface area contributed by atoms with Crippen LogP contribution in [0.4, 0.5) is 14.7 Å². The summed E-state index contributed by atoms with van der Waals surface area (Å²) in [6, 6.07) is 2.97. The zero-order chi connectivity index (χ0) is 20.7. The molecule has 1 aliphatic carbocycles. The van der Waals surface area contributed by atoms with Gasteiger partial charge in [0.15, 0.2) is 11.2 Å². The van der Waals surface area contributed by atoms with E-state index in [1.54, 1.807) is 0 Å². The number of nitrogens with zero attached hydrogens (tertiary/aromatic N) is 3. The van der Waals surface area contributed by atoms with Crippen LogP contribution in [-0.2, 0) is 13.6 Å². The highest BCUT2D eigenvalue weighted by molar-refractivity contribution is 5.74. The molecule has 2 heterocycles. The van der Waals surface area contributed by atoms with Gasteiger partial charge in [0.2, 0.25) is 5.95 Å². The van der Waals surface area contributed by atoms with Gasteiger partial charge in [0.05, 0.1) is 6.54 Å². The number of nitrogens with two attached hydrogens (primary N) is 1. The number of hydrogen-bond donors (Lipinski definition) is 3. The van der Waals surface area contributed by atoms with Gasteiger partial charge in [-0.1, -0.05) is 12.8 Å². The van der Waals surface area contributed by atoms with E-state index in [1.807, 2.05) is 0 Å². The maximum Gasteiger partial charge on any atom is 0.329 e. The maximum absolute atomic E-state index is 14.3. The van der Waals surface area contributed by atoms with Crippen molar-refractivity contribution in [3.8, 4) is 0 Å². The lowest BCUT2D eigenvalue weighted by Gasteiger charge is -2.29. The number of benzene rings is 1. The standard InChI is InChI=1S/C19H22F2N6O2/c1-26-16-15(17(28)25-19(26)29)27(9-10-8-11(20)6-7-12(10)21)18(24-16)23-14-5-3-2-4-13(14)22/h6-8,13-14H,2-5,9,22H2,1H3,(H,23,24)(H,25,28,29). The molecule has 29 heavy (non-hydrogen) atoms. The zero-order valence-electron chi connectivity index (χ0n) is 15.9. The van der Waals surface area contributed by atoms with Crippen LogP contribution < -0.4 is 22.3 Å². The largest absolute Gasteiger partial charge is 0.351 e.